The van der Waals surface area contributed by atoms with E-state index in [1.54, 1.807) is 6.08 Å². The maximum Gasteiger partial charge on any atom is 0.0283 e. The summed E-state index contributed by atoms with van der Waals surface area (Å²) in [7, 11) is 0. The van der Waals surface area contributed by atoms with Crippen LogP contribution in [0.5, 0.6) is 0 Å². The summed E-state index contributed by atoms with van der Waals surface area (Å²) in [6.45, 7) is 4.01. The van der Waals surface area contributed by atoms with Gasteiger partial charge in [0.1, 0.15) is 0 Å². The van der Waals surface area contributed by atoms with Crippen LogP contribution in [0, 0.1) is 0 Å². The zero-order valence-corrected chi connectivity index (χ0v) is 8.59. The number of hydrogen-bond acceptors (Lipinski definition) is 2. The average Bonchev–Trinajstić information content (AvgIpc) is 2.15. The van der Waals surface area contributed by atoms with Crippen LogP contribution >= 0.6 is 0 Å². The molecule has 1 fully saturated rings. The Hall–Kier alpha value is -0.190. The fourth-order valence-corrected chi connectivity index (χ4v) is 2.51. The molecule has 0 aromatic carbocycles. The van der Waals surface area contributed by atoms with Gasteiger partial charge in [0.05, 0.1) is 0 Å². The smallest absolute Gasteiger partial charge is 0.0283 e. The molecule has 0 N–H and O–H groups in total. The van der Waals surface area contributed by atoms with Crippen LogP contribution in [0.15, 0.2) is 12.7 Å². The average molecular weight is 202 g/mol. The van der Waals surface area contributed by atoms with Gasteiger partial charge in [0.15, 0.2) is 0 Å². The van der Waals surface area contributed by atoms with Crippen molar-refractivity contribution in [3.8, 4) is 0 Å². The Balaban J connectivity index is 2.51. The molecule has 0 heterocycles. The lowest BCUT2D eigenvalue weighted by Gasteiger charge is -2.34. The second kappa shape index (κ2) is 5.52. The monoisotopic (exact) mass is 202 g/mol. The second-order valence-corrected chi connectivity index (χ2v) is 4.30. The molecule has 1 aliphatic carbocycles. The van der Waals surface area contributed by atoms with Crippen molar-refractivity contribution in [2.45, 2.75) is 38.1 Å². The highest BCUT2D eigenvalue weighted by molar-refractivity contribution is 7.76. The summed E-state index contributed by atoms with van der Waals surface area (Å²) in [6, 6.07) is 0.213. The number of hydrogen-bond donors (Lipinski definition) is 0. The molecule has 1 unspecified atom stereocenters. The molecule has 76 valence electrons. The standard InChI is InChI=1S/C9H17NO2S/c1-2-8-10(13(11)12)9-6-4-3-5-7-9/h2,9H,1,3-8H2,(H,11,12)/p-1. The summed E-state index contributed by atoms with van der Waals surface area (Å²) in [4.78, 5) is 0. The quantitative estimate of drug-likeness (QED) is 0.513. The van der Waals surface area contributed by atoms with Crippen molar-refractivity contribution in [1.82, 2.24) is 4.31 Å². The minimum atomic E-state index is -2.09. The van der Waals surface area contributed by atoms with Crippen LogP contribution in [0.3, 0.4) is 0 Å². The molecule has 0 spiro atoms. The Bertz CT molecular complexity index is 190. The lowest BCUT2D eigenvalue weighted by Crippen LogP contribution is -2.38. The lowest BCUT2D eigenvalue weighted by molar-refractivity contribution is 0.262. The minimum Gasteiger partial charge on any atom is -0.760 e. The Morgan fingerprint density at radius 2 is 2.08 bits per heavy atom. The molecule has 3 nitrogen and oxygen atoms in total. The Morgan fingerprint density at radius 3 is 2.54 bits per heavy atom. The molecule has 1 saturated carbocycles. The van der Waals surface area contributed by atoms with Gasteiger partial charge in [-0.1, -0.05) is 25.3 Å². The van der Waals surface area contributed by atoms with Crippen molar-refractivity contribution in [2.24, 2.45) is 0 Å². The molecule has 0 bridgehead atoms. The van der Waals surface area contributed by atoms with Crippen molar-refractivity contribution < 1.29 is 8.76 Å². The predicted octanol–water partition coefficient (Wildman–Crippen LogP) is 1.60. The van der Waals surface area contributed by atoms with E-state index < -0.39 is 11.3 Å². The third-order valence-corrected chi connectivity index (χ3v) is 3.31. The second-order valence-electron chi connectivity index (χ2n) is 3.40. The Kier molecular flexibility index (Phi) is 4.62. The number of nitrogens with zero attached hydrogens (tertiary/aromatic N) is 1. The van der Waals surface area contributed by atoms with Gasteiger partial charge in [-0.2, -0.15) is 0 Å². The molecule has 1 atom stereocenters. The van der Waals surface area contributed by atoms with E-state index in [2.05, 4.69) is 6.58 Å². The molecule has 0 saturated heterocycles. The normalized spacial score (nSPS) is 21.7. The van der Waals surface area contributed by atoms with Crippen LogP contribution in [0.25, 0.3) is 0 Å². The highest BCUT2D eigenvalue weighted by Gasteiger charge is 2.20. The zero-order valence-electron chi connectivity index (χ0n) is 7.78. The maximum absolute atomic E-state index is 10.9. The van der Waals surface area contributed by atoms with E-state index in [9.17, 15) is 8.76 Å². The van der Waals surface area contributed by atoms with E-state index in [-0.39, 0.29) is 6.04 Å². The lowest BCUT2D eigenvalue weighted by atomic mass is 9.95. The van der Waals surface area contributed by atoms with Crippen molar-refractivity contribution in [3.05, 3.63) is 12.7 Å². The topological polar surface area (TPSA) is 43.4 Å². The molecule has 0 amide bonds. The predicted molar refractivity (Wildman–Crippen MR) is 52.7 cm³/mol. The van der Waals surface area contributed by atoms with Crippen molar-refractivity contribution in [1.29, 1.82) is 0 Å². The van der Waals surface area contributed by atoms with Gasteiger partial charge in [0.2, 0.25) is 0 Å². The van der Waals surface area contributed by atoms with Crippen LogP contribution in [0.4, 0.5) is 0 Å². The van der Waals surface area contributed by atoms with Crippen LogP contribution in [0.1, 0.15) is 32.1 Å². The molecule has 0 aliphatic heterocycles. The Labute approximate surface area is 82.2 Å². The van der Waals surface area contributed by atoms with Gasteiger partial charge in [-0.25, -0.2) is 4.31 Å². The molecular weight excluding hydrogens is 186 g/mol. The van der Waals surface area contributed by atoms with Gasteiger partial charge >= 0.3 is 0 Å². The highest BCUT2D eigenvalue weighted by Crippen LogP contribution is 2.23. The summed E-state index contributed by atoms with van der Waals surface area (Å²) >= 11 is -2.09. The summed E-state index contributed by atoms with van der Waals surface area (Å²) < 4.78 is 23.2. The summed E-state index contributed by atoms with van der Waals surface area (Å²) in [5.41, 5.74) is 0. The minimum absolute atomic E-state index is 0.213. The molecule has 4 heteroatoms. The van der Waals surface area contributed by atoms with Gasteiger partial charge in [0.25, 0.3) is 0 Å². The number of rotatable bonds is 4. The van der Waals surface area contributed by atoms with Gasteiger partial charge in [0, 0.05) is 23.9 Å². The van der Waals surface area contributed by atoms with Crippen LogP contribution in [0.2, 0.25) is 0 Å². The molecule has 0 radical (unpaired) electrons. The Morgan fingerprint density at radius 1 is 1.46 bits per heavy atom. The summed E-state index contributed by atoms with van der Waals surface area (Å²) in [5, 5.41) is 0. The summed E-state index contributed by atoms with van der Waals surface area (Å²) in [5.74, 6) is 0. The van der Waals surface area contributed by atoms with Crippen LogP contribution in [-0.4, -0.2) is 25.7 Å². The first-order chi connectivity index (χ1) is 6.25. The highest BCUT2D eigenvalue weighted by atomic mass is 32.2. The van der Waals surface area contributed by atoms with E-state index in [1.165, 1.54) is 10.7 Å². The van der Waals surface area contributed by atoms with Crippen molar-refractivity contribution in [2.75, 3.05) is 6.54 Å². The van der Waals surface area contributed by atoms with Crippen molar-refractivity contribution >= 4 is 11.3 Å². The van der Waals surface area contributed by atoms with Crippen LogP contribution < -0.4 is 0 Å². The molecule has 13 heavy (non-hydrogen) atoms. The largest absolute Gasteiger partial charge is 0.760 e. The first kappa shape index (κ1) is 10.9. The molecule has 1 aliphatic rings. The van der Waals surface area contributed by atoms with Gasteiger partial charge in [-0.15, -0.1) is 6.58 Å². The SMILES string of the molecule is C=CCN(C1CCCCC1)S(=O)[O-]. The maximum atomic E-state index is 10.9. The van der Waals surface area contributed by atoms with Gasteiger partial charge < -0.3 is 4.55 Å². The molecule has 0 aromatic heterocycles. The first-order valence-corrected chi connectivity index (χ1v) is 5.76. The summed E-state index contributed by atoms with van der Waals surface area (Å²) in [6.07, 6.45) is 7.18. The molecule has 0 aromatic rings. The zero-order chi connectivity index (χ0) is 9.68. The van der Waals surface area contributed by atoms with E-state index >= 15 is 0 Å². The fourth-order valence-electron chi connectivity index (χ4n) is 1.83. The van der Waals surface area contributed by atoms with Gasteiger partial charge in [-0.3, -0.25) is 4.21 Å². The third kappa shape index (κ3) is 3.21. The molecular formula is C9H16NO2S-. The first-order valence-electron chi connectivity index (χ1n) is 4.72. The van der Waals surface area contributed by atoms with Crippen LogP contribution in [-0.2, 0) is 11.3 Å². The van der Waals surface area contributed by atoms with E-state index in [4.69, 9.17) is 0 Å². The fraction of sp³-hybridized carbons (Fsp3) is 0.778. The van der Waals surface area contributed by atoms with Gasteiger partial charge in [-0.05, 0) is 12.8 Å². The van der Waals surface area contributed by atoms with E-state index in [0.717, 1.165) is 25.7 Å². The van der Waals surface area contributed by atoms with E-state index in [0.29, 0.717) is 6.54 Å². The van der Waals surface area contributed by atoms with Crippen molar-refractivity contribution in [3.63, 3.8) is 0 Å². The third-order valence-electron chi connectivity index (χ3n) is 2.48. The van der Waals surface area contributed by atoms with E-state index in [1.807, 2.05) is 0 Å². The molecule has 1 rings (SSSR count).